The summed E-state index contributed by atoms with van der Waals surface area (Å²) in [4.78, 5) is 11.9. The number of halogens is 2. The zero-order valence-corrected chi connectivity index (χ0v) is 19.5. The van der Waals surface area contributed by atoms with E-state index in [4.69, 9.17) is 9.57 Å². The number of fused-ring (bicyclic) bond motifs is 1. The number of aromatic nitrogens is 2. The van der Waals surface area contributed by atoms with Crippen molar-refractivity contribution < 1.29 is 23.5 Å². The lowest BCUT2D eigenvalue weighted by atomic mass is 9.94. The second-order valence-corrected chi connectivity index (χ2v) is 8.59. The molecule has 9 heteroatoms. The molecule has 1 aromatic heterocycles. The van der Waals surface area contributed by atoms with E-state index in [1.54, 1.807) is 18.3 Å². The smallest absolute Gasteiger partial charge is 0.260 e. The van der Waals surface area contributed by atoms with Gasteiger partial charge in [0.1, 0.15) is 24.0 Å². The van der Waals surface area contributed by atoms with E-state index in [1.165, 1.54) is 12.1 Å². The molecule has 5 rings (SSSR count). The van der Waals surface area contributed by atoms with Crippen LogP contribution in [0.25, 0.3) is 11.8 Å². The number of hydrogen-bond acceptors (Lipinski definition) is 6. The van der Waals surface area contributed by atoms with Crippen molar-refractivity contribution in [3.63, 3.8) is 0 Å². The van der Waals surface area contributed by atoms with Crippen LogP contribution in [0.5, 0.6) is 5.75 Å². The molecule has 0 radical (unpaired) electrons. The Kier molecular flexibility index (Phi) is 6.02. The number of hydrogen-bond donors (Lipinski definition) is 1. The number of methoxy groups -OCH3 is 1. The average Bonchev–Trinajstić information content (AvgIpc) is 3.49. The Morgan fingerprint density at radius 2 is 2.00 bits per heavy atom. The van der Waals surface area contributed by atoms with Crippen LogP contribution in [0.2, 0.25) is 0 Å². The molecule has 0 saturated carbocycles. The summed E-state index contributed by atoms with van der Waals surface area (Å²) < 4.78 is 35.5. The van der Waals surface area contributed by atoms with Crippen LogP contribution in [0.3, 0.4) is 0 Å². The molecule has 7 nitrogen and oxygen atoms in total. The normalized spacial score (nSPS) is 20.5. The molecule has 2 aromatic carbocycles. The largest absolute Gasteiger partial charge is 0.495 e. The summed E-state index contributed by atoms with van der Waals surface area (Å²) in [5, 5.41) is 14.5. The fourth-order valence-electron chi connectivity index (χ4n) is 4.65. The third-order valence-electron chi connectivity index (χ3n) is 6.44. The molecule has 35 heavy (non-hydrogen) atoms. The third kappa shape index (κ3) is 4.05. The van der Waals surface area contributed by atoms with E-state index < -0.39 is 24.0 Å². The standard InChI is InChI=1S/C26H26F2N4O3/c1-3-22-14-31(16-29-22)23-7-6-17(10-24(23)34-2)9-18-5-4-8-32-25(18)30-35-26(32,15-33)19-11-20(27)13-21(28)12-19/h6-7,9-14,16,33H,3-5,8,15H2,1-2H3. The molecule has 2 aliphatic heterocycles. The number of imidazole rings is 1. The van der Waals surface area contributed by atoms with Gasteiger partial charge in [0.05, 0.1) is 24.8 Å². The van der Waals surface area contributed by atoms with Gasteiger partial charge in [-0.05, 0) is 60.7 Å². The van der Waals surface area contributed by atoms with Gasteiger partial charge in [-0.15, -0.1) is 0 Å². The van der Waals surface area contributed by atoms with E-state index in [9.17, 15) is 13.9 Å². The van der Waals surface area contributed by atoms with Gasteiger partial charge in [0.25, 0.3) is 5.72 Å². The van der Waals surface area contributed by atoms with Crippen LogP contribution in [0.1, 0.15) is 36.6 Å². The highest BCUT2D eigenvalue weighted by molar-refractivity contribution is 6.03. The van der Waals surface area contributed by atoms with E-state index >= 15 is 0 Å². The van der Waals surface area contributed by atoms with Crippen molar-refractivity contribution in [2.45, 2.75) is 31.9 Å². The van der Waals surface area contributed by atoms with E-state index in [2.05, 4.69) is 17.1 Å². The molecular weight excluding hydrogens is 454 g/mol. The lowest BCUT2D eigenvalue weighted by molar-refractivity contribution is -0.137. The zero-order valence-electron chi connectivity index (χ0n) is 19.5. The number of oxime groups is 1. The SMILES string of the molecule is CCc1cn(-c2ccc(C=C3CCCN4C3=NOC4(CO)c3cc(F)cc(F)c3)cc2OC)cn1. The first-order valence-electron chi connectivity index (χ1n) is 11.5. The molecule has 182 valence electrons. The number of aryl methyl sites for hydroxylation is 1. The summed E-state index contributed by atoms with van der Waals surface area (Å²) >= 11 is 0. The molecule has 3 aromatic rings. The van der Waals surface area contributed by atoms with Gasteiger partial charge in [-0.1, -0.05) is 18.1 Å². The van der Waals surface area contributed by atoms with Crippen LogP contribution >= 0.6 is 0 Å². The molecule has 0 amide bonds. The van der Waals surface area contributed by atoms with Crippen molar-refractivity contribution in [2.75, 3.05) is 20.3 Å². The summed E-state index contributed by atoms with van der Waals surface area (Å²) in [6, 6.07) is 9.00. The fraction of sp³-hybridized carbons (Fsp3) is 0.308. The quantitative estimate of drug-likeness (QED) is 0.567. The zero-order chi connectivity index (χ0) is 24.6. The summed E-state index contributed by atoms with van der Waals surface area (Å²) in [6.07, 6.45) is 8.08. The Balaban J connectivity index is 1.47. The van der Waals surface area contributed by atoms with Crippen LogP contribution in [-0.4, -0.2) is 45.7 Å². The number of piperidine rings is 1. The van der Waals surface area contributed by atoms with Crippen LogP contribution in [-0.2, 0) is 17.0 Å². The van der Waals surface area contributed by atoms with Crippen molar-refractivity contribution >= 4 is 11.9 Å². The highest BCUT2D eigenvalue weighted by Crippen LogP contribution is 2.40. The average molecular weight is 481 g/mol. The van der Waals surface area contributed by atoms with Gasteiger partial charge in [-0.25, -0.2) is 13.8 Å². The van der Waals surface area contributed by atoms with Crippen molar-refractivity contribution in [3.05, 3.63) is 83.0 Å². The first-order chi connectivity index (χ1) is 17.0. The second kappa shape index (κ2) is 9.14. The maximum absolute atomic E-state index is 14.0. The number of nitrogens with zero attached hydrogens (tertiary/aromatic N) is 4. The van der Waals surface area contributed by atoms with E-state index in [0.717, 1.165) is 47.8 Å². The van der Waals surface area contributed by atoms with Gasteiger partial charge < -0.3 is 24.1 Å². The molecule has 0 spiro atoms. The molecule has 1 fully saturated rings. The topological polar surface area (TPSA) is 72.1 Å². The Bertz CT molecular complexity index is 1300. The lowest BCUT2D eigenvalue weighted by Crippen LogP contribution is -2.51. The molecule has 3 heterocycles. The van der Waals surface area contributed by atoms with Crippen LogP contribution < -0.4 is 4.74 Å². The maximum Gasteiger partial charge on any atom is 0.260 e. The summed E-state index contributed by atoms with van der Waals surface area (Å²) in [7, 11) is 1.62. The van der Waals surface area contributed by atoms with Crippen LogP contribution in [0.4, 0.5) is 8.78 Å². The van der Waals surface area contributed by atoms with Gasteiger partial charge in [-0.3, -0.25) is 0 Å². The molecule has 1 N–H and O–H groups in total. The number of rotatable bonds is 6. The lowest BCUT2D eigenvalue weighted by Gasteiger charge is -2.38. The van der Waals surface area contributed by atoms with Crippen LogP contribution in [0, 0.1) is 11.6 Å². The van der Waals surface area contributed by atoms with Gasteiger partial charge >= 0.3 is 0 Å². The Labute approximate surface area is 201 Å². The first kappa shape index (κ1) is 23.0. The van der Waals surface area contributed by atoms with Crippen molar-refractivity contribution in [1.82, 2.24) is 14.5 Å². The molecule has 1 unspecified atom stereocenters. The van der Waals surface area contributed by atoms with Gasteiger partial charge in [0, 0.05) is 24.4 Å². The Morgan fingerprint density at radius 1 is 1.20 bits per heavy atom. The van der Waals surface area contributed by atoms with Gasteiger partial charge in [0.15, 0.2) is 5.84 Å². The van der Waals surface area contributed by atoms with Crippen LogP contribution in [0.15, 0.2) is 59.7 Å². The highest BCUT2D eigenvalue weighted by atomic mass is 19.1. The molecule has 0 bridgehead atoms. The Morgan fingerprint density at radius 3 is 2.69 bits per heavy atom. The molecular formula is C26H26F2N4O3. The Hall–Kier alpha value is -3.72. The van der Waals surface area contributed by atoms with E-state index in [-0.39, 0.29) is 5.56 Å². The summed E-state index contributed by atoms with van der Waals surface area (Å²) in [5.41, 5.74) is 2.37. The molecule has 1 saturated heterocycles. The fourth-order valence-corrected chi connectivity index (χ4v) is 4.65. The predicted molar refractivity (Wildman–Crippen MR) is 127 cm³/mol. The summed E-state index contributed by atoms with van der Waals surface area (Å²) in [5.74, 6) is -0.251. The predicted octanol–water partition coefficient (Wildman–Crippen LogP) is 4.39. The summed E-state index contributed by atoms with van der Waals surface area (Å²) in [6.45, 7) is 2.07. The first-order valence-corrected chi connectivity index (χ1v) is 11.5. The highest BCUT2D eigenvalue weighted by Gasteiger charge is 2.49. The molecule has 1 atom stereocenters. The van der Waals surface area contributed by atoms with E-state index in [0.29, 0.717) is 18.1 Å². The number of aliphatic hydroxyl groups is 1. The molecule has 2 aliphatic rings. The third-order valence-corrected chi connectivity index (χ3v) is 6.44. The maximum atomic E-state index is 14.0. The number of aliphatic hydroxyl groups excluding tert-OH is 1. The number of ether oxygens (including phenoxy) is 1. The minimum absolute atomic E-state index is 0.176. The number of amidine groups is 1. The monoisotopic (exact) mass is 480 g/mol. The number of benzene rings is 2. The second-order valence-electron chi connectivity index (χ2n) is 8.59. The minimum atomic E-state index is -1.47. The molecule has 0 aliphatic carbocycles. The van der Waals surface area contributed by atoms with Crippen molar-refractivity contribution in [1.29, 1.82) is 0 Å². The van der Waals surface area contributed by atoms with Gasteiger partial charge in [-0.2, -0.15) is 0 Å². The van der Waals surface area contributed by atoms with E-state index in [1.807, 2.05) is 35.0 Å². The van der Waals surface area contributed by atoms with Crippen molar-refractivity contribution in [2.24, 2.45) is 5.16 Å². The minimum Gasteiger partial charge on any atom is -0.495 e. The van der Waals surface area contributed by atoms with Crippen molar-refractivity contribution in [3.8, 4) is 11.4 Å². The van der Waals surface area contributed by atoms with Gasteiger partial charge in [0.2, 0.25) is 0 Å².